The van der Waals surface area contributed by atoms with Crippen molar-refractivity contribution < 1.29 is 5.11 Å². The lowest BCUT2D eigenvalue weighted by atomic mass is 9.83. The molecule has 0 aromatic heterocycles. The molecule has 0 heterocycles. The zero-order valence-corrected chi connectivity index (χ0v) is 15.9. The quantitative estimate of drug-likeness (QED) is 0.729. The minimum Gasteiger partial charge on any atom is -0.385 e. The van der Waals surface area contributed by atoms with Crippen LogP contribution < -0.4 is 0 Å². The Kier molecular flexibility index (Phi) is 6.23. The molecule has 0 amide bonds. The summed E-state index contributed by atoms with van der Waals surface area (Å²) < 4.78 is 0. The molecule has 130 valence electrons. The van der Waals surface area contributed by atoms with Gasteiger partial charge in [0.25, 0.3) is 0 Å². The number of hydrogen-bond donors (Lipinski definition) is 1. The zero-order chi connectivity index (χ0) is 18.4. The van der Waals surface area contributed by atoms with E-state index in [4.69, 9.17) is 0 Å². The molecule has 1 unspecified atom stereocenters. The molecule has 2 rings (SSSR count). The minimum absolute atomic E-state index is 0.397. The summed E-state index contributed by atoms with van der Waals surface area (Å²) in [5, 5.41) is 11.1. The van der Waals surface area contributed by atoms with Gasteiger partial charge in [0.1, 0.15) is 0 Å². The Morgan fingerprint density at radius 2 is 1.52 bits per heavy atom. The molecule has 0 saturated carbocycles. The minimum atomic E-state index is -0.911. The maximum absolute atomic E-state index is 11.1. The summed E-state index contributed by atoms with van der Waals surface area (Å²) in [4.78, 5) is 0. The lowest BCUT2D eigenvalue weighted by Crippen LogP contribution is -2.28. The van der Waals surface area contributed by atoms with Gasteiger partial charge in [0.15, 0.2) is 0 Å². The zero-order valence-electron chi connectivity index (χ0n) is 15.9. The highest BCUT2D eigenvalue weighted by molar-refractivity contribution is 5.74. The van der Waals surface area contributed by atoms with Crippen LogP contribution in [0.15, 0.2) is 54.6 Å². The highest BCUT2D eigenvalue weighted by Crippen LogP contribution is 2.32. The number of aryl methyl sites for hydroxylation is 2. The van der Waals surface area contributed by atoms with Gasteiger partial charge in [0, 0.05) is 5.56 Å². The number of hydrogen-bond acceptors (Lipinski definition) is 1. The van der Waals surface area contributed by atoms with Crippen molar-refractivity contribution in [3.63, 3.8) is 0 Å². The van der Waals surface area contributed by atoms with E-state index in [0.717, 1.165) is 16.7 Å². The molecule has 0 aliphatic rings. The Labute approximate surface area is 152 Å². The molecule has 0 bridgehead atoms. The largest absolute Gasteiger partial charge is 0.385 e. The van der Waals surface area contributed by atoms with Gasteiger partial charge in [-0.15, -0.1) is 0 Å². The molecule has 0 fully saturated rings. The van der Waals surface area contributed by atoms with Crippen LogP contribution in [0.1, 0.15) is 49.4 Å². The van der Waals surface area contributed by atoms with E-state index in [2.05, 4.69) is 75.9 Å². The number of allylic oxidation sites excluding steroid dienone is 1. The summed E-state index contributed by atoms with van der Waals surface area (Å²) in [6.45, 7) is 10.3. The average Bonchev–Trinajstić information content (AvgIpc) is 2.53. The van der Waals surface area contributed by atoms with Crippen molar-refractivity contribution in [2.24, 2.45) is 5.92 Å². The molecule has 0 radical (unpaired) electrons. The highest BCUT2D eigenvalue weighted by Gasteiger charge is 2.27. The van der Waals surface area contributed by atoms with Gasteiger partial charge in [-0.2, -0.15) is 0 Å². The van der Waals surface area contributed by atoms with Gasteiger partial charge >= 0.3 is 0 Å². The smallest absolute Gasteiger partial charge is 0.0882 e. The molecular weight excluding hydrogens is 304 g/mol. The maximum Gasteiger partial charge on any atom is 0.0882 e. The first-order valence-corrected chi connectivity index (χ1v) is 8.86. The fourth-order valence-corrected chi connectivity index (χ4v) is 3.02. The van der Waals surface area contributed by atoms with Crippen LogP contribution in [0.3, 0.4) is 0 Å². The normalized spacial score (nSPS) is 14.0. The van der Waals surface area contributed by atoms with Gasteiger partial charge in [-0.05, 0) is 62.5 Å². The molecule has 0 spiro atoms. The molecule has 0 aliphatic heterocycles. The molecule has 2 aromatic carbocycles. The third-order valence-electron chi connectivity index (χ3n) is 4.23. The second-order valence-electron chi connectivity index (χ2n) is 7.43. The molecule has 0 saturated heterocycles. The van der Waals surface area contributed by atoms with E-state index >= 15 is 0 Å². The second-order valence-corrected chi connectivity index (χ2v) is 7.43. The molecular formula is C24H28O. The van der Waals surface area contributed by atoms with Crippen LogP contribution in [0.4, 0.5) is 0 Å². The fourth-order valence-electron chi connectivity index (χ4n) is 3.02. The van der Waals surface area contributed by atoms with Crippen molar-refractivity contribution in [1.29, 1.82) is 0 Å². The standard InChI is InChI=1S/C24H28O/c1-18(2)17-24(5,25)23(22-15-11-20(4)12-16-22)8-6-7-21-13-9-19(3)10-14-21/h8-16,18,25H,17H2,1-5H3/b23-8-. The average molecular weight is 332 g/mol. The van der Waals surface area contributed by atoms with Crippen molar-refractivity contribution in [3.05, 3.63) is 76.9 Å². The topological polar surface area (TPSA) is 20.2 Å². The molecule has 1 nitrogen and oxygen atoms in total. The Balaban J connectivity index is 2.40. The van der Waals surface area contributed by atoms with Gasteiger partial charge in [-0.1, -0.05) is 73.2 Å². The summed E-state index contributed by atoms with van der Waals surface area (Å²) >= 11 is 0. The Hall–Kier alpha value is -2.30. The van der Waals surface area contributed by atoms with E-state index < -0.39 is 5.60 Å². The Bertz CT molecular complexity index is 779. The van der Waals surface area contributed by atoms with Crippen molar-refractivity contribution in [1.82, 2.24) is 0 Å². The number of aliphatic hydroxyl groups is 1. The van der Waals surface area contributed by atoms with E-state index in [1.807, 2.05) is 25.1 Å². The highest BCUT2D eigenvalue weighted by atomic mass is 16.3. The lowest BCUT2D eigenvalue weighted by Gasteiger charge is -2.28. The fraction of sp³-hybridized carbons (Fsp3) is 0.333. The van der Waals surface area contributed by atoms with Crippen LogP contribution in [-0.4, -0.2) is 10.7 Å². The van der Waals surface area contributed by atoms with E-state index in [-0.39, 0.29) is 0 Å². The van der Waals surface area contributed by atoms with Crippen molar-refractivity contribution in [2.45, 2.75) is 46.6 Å². The lowest BCUT2D eigenvalue weighted by molar-refractivity contribution is 0.0979. The molecule has 1 heteroatoms. The van der Waals surface area contributed by atoms with Crippen molar-refractivity contribution in [2.75, 3.05) is 0 Å². The summed E-state index contributed by atoms with van der Waals surface area (Å²) in [5.41, 5.74) is 4.40. The predicted molar refractivity (Wildman–Crippen MR) is 107 cm³/mol. The number of rotatable bonds is 4. The Morgan fingerprint density at radius 1 is 1.00 bits per heavy atom. The summed E-state index contributed by atoms with van der Waals surface area (Å²) in [6, 6.07) is 16.4. The van der Waals surface area contributed by atoms with Crippen molar-refractivity contribution >= 4 is 5.57 Å². The molecule has 0 aliphatic carbocycles. The first-order chi connectivity index (χ1) is 11.8. The van der Waals surface area contributed by atoms with E-state index in [1.54, 1.807) is 0 Å². The molecule has 2 aromatic rings. The molecule has 25 heavy (non-hydrogen) atoms. The van der Waals surface area contributed by atoms with Gasteiger partial charge in [0.05, 0.1) is 5.60 Å². The SMILES string of the molecule is Cc1ccc(C#C/C=C(/c2ccc(C)cc2)C(C)(O)CC(C)C)cc1. The van der Waals surface area contributed by atoms with Crippen LogP contribution in [0.5, 0.6) is 0 Å². The predicted octanol–water partition coefficient (Wildman–Crippen LogP) is 5.54. The monoisotopic (exact) mass is 332 g/mol. The van der Waals surface area contributed by atoms with E-state index in [0.29, 0.717) is 12.3 Å². The number of benzene rings is 2. The van der Waals surface area contributed by atoms with Crippen LogP contribution in [0, 0.1) is 31.6 Å². The summed E-state index contributed by atoms with van der Waals surface area (Å²) in [6.07, 6.45) is 2.56. The van der Waals surface area contributed by atoms with Gasteiger partial charge in [-0.25, -0.2) is 0 Å². The maximum atomic E-state index is 11.1. The van der Waals surface area contributed by atoms with E-state index in [9.17, 15) is 5.11 Å². The third-order valence-corrected chi connectivity index (χ3v) is 4.23. The summed E-state index contributed by atoms with van der Waals surface area (Å²) in [7, 11) is 0. The first kappa shape index (κ1) is 19.0. The first-order valence-electron chi connectivity index (χ1n) is 8.86. The van der Waals surface area contributed by atoms with Crippen LogP contribution in [-0.2, 0) is 0 Å². The third kappa shape index (κ3) is 5.62. The van der Waals surface area contributed by atoms with Gasteiger partial charge in [0.2, 0.25) is 0 Å². The van der Waals surface area contributed by atoms with Crippen LogP contribution in [0.2, 0.25) is 0 Å². The van der Waals surface area contributed by atoms with E-state index in [1.165, 1.54) is 11.1 Å². The second kappa shape index (κ2) is 8.19. The molecule has 1 N–H and O–H groups in total. The summed E-state index contributed by atoms with van der Waals surface area (Å²) in [5.74, 6) is 6.71. The van der Waals surface area contributed by atoms with Crippen LogP contribution in [0.25, 0.3) is 5.57 Å². The van der Waals surface area contributed by atoms with Crippen LogP contribution >= 0.6 is 0 Å². The van der Waals surface area contributed by atoms with Gasteiger partial charge < -0.3 is 5.11 Å². The van der Waals surface area contributed by atoms with Gasteiger partial charge in [-0.3, -0.25) is 0 Å². The van der Waals surface area contributed by atoms with Crippen molar-refractivity contribution in [3.8, 4) is 11.8 Å². The molecule has 1 atom stereocenters. The Morgan fingerprint density at radius 3 is 2.04 bits per heavy atom.